The average molecular weight is 399 g/mol. The van der Waals surface area contributed by atoms with Crippen LogP contribution in [-0.2, 0) is 19.1 Å². The van der Waals surface area contributed by atoms with Gasteiger partial charge < -0.3 is 20.1 Å². The summed E-state index contributed by atoms with van der Waals surface area (Å²) >= 11 is 0. The number of morpholine rings is 2. The summed E-state index contributed by atoms with van der Waals surface area (Å²) in [7, 11) is 0. The van der Waals surface area contributed by atoms with E-state index in [1.54, 1.807) is 0 Å². The minimum atomic E-state index is 0.138. The van der Waals surface area contributed by atoms with Crippen LogP contribution >= 0.6 is 0 Å². The fraction of sp³-hybridized carbons (Fsp3) is 0.900. The van der Waals surface area contributed by atoms with Gasteiger partial charge >= 0.3 is 0 Å². The van der Waals surface area contributed by atoms with E-state index < -0.39 is 0 Å². The number of hydrogen-bond acceptors (Lipinski definition) is 6. The van der Waals surface area contributed by atoms with Gasteiger partial charge in [0.1, 0.15) is 0 Å². The van der Waals surface area contributed by atoms with Crippen LogP contribution in [0.4, 0.5) is 0 Å². The van der Waals surface area contributed by atoms with E-state index in [1.807, 2.05) is 0 Å². The molecule has 2 amide bonds. The van der Waals surface area contributed by atoms with Gasteiger partial charge in [-0.3, -0.25) is 19.4 Å². The van der Waals surface area contributed by atoms with Crippen molar-refractivity contribution < 1.29 is 19.1 Å². The normalized spacial score (nSPS) is 18.7. The third-order valence-electron chi connectivity index (χ3n) is 5.27. The SMILES string of the molecule is O=C(CCN1CCOCC1)NCCCCCCNC(=O)CCN1CCOCC1. The van der Waals surface area contributed by atoms with Crippen LogP contribution in [0.2, 0.25) is 0 Å². The third kappa shape index (κ3) is 10.9. The molecule has 0 aromatic heterocycles. The Bertz CT molecular complexity index is 398. The van der Waals surface area contributed by atoms with Crippen molar-refractivity contribution in [2.75, 3.05) is 78.8 Å². The smallest absolute Gasteiger partial charge is 0.221 e. The highest BCUT2D eigenvalue weighted by Gasteiger charge is 2.12. The van der Waals surface area contributed by atoms with Gasteiger partial charge in [0.25, 0.3) is 0 Å². The van der Waals surface area contributed by atoms with Crippen LogP contribution in [0.25, 0.3) is 0 Å². The number of carbonyl (C=O) groups excluding carboxylic acids is 2. The van der Waals surface area contributed by atoms with Gasteiger partial charge in [-0.25, -0.2) is 0 Å². The Labute approximate surface area is 169 Å². The lowest BCUT2D eigenvalue weighted by molar-refractivity contribution is -0.122. The number of ether oxygens (including phenoxy) is 2. The van der Waals surface area contributed by atoms with Crippen molar-refractivity contribution >= 4 is 11.8 Å². The molecule has 0 unspecified atom stereocenters. The Morgan fingerprint density at radius 3 is 1.43 bits per heavy atom. The fourth-order valence-electron chi connectivity index (χ4n) is 3.40. The zero-order valence-corrected chi connectivity index (χ0v) is 17.3. The zero-order valence-electron chi connectivity index (χ0n) is 17.3. The number of nitrogens with one attached hydrogen (secondary N) is 2. The summed E-state index contributed by atoms with van der Waals surface area (Å²) in [5.41, 5.74) is 0. The zero-order chi connectivity index (χ0) is 19.9. The molecule has 0 aromatic carbocycles. The maximum Gasteiger partial charge on any atom is 0.221 e. The van der Waals surface area contributed by atoms with Crippen molar-refractivity contribution in [1.82, 2.24) is 20.4 Å². The van der Waals surface area contributed by atoms with Crippen molar-refractivity contribution in [1.29, 1.82) is 0 Å². The molecule has 2 saturated heterocycles. The summed E-state index contributed by atoms with van der Waals surface area (Å²) in [6, 6.07) is 0. The largest absolute Gasteiger partial charge is 0.379 e. The van der Waals surface area contributed by atoms with Crippen molar-refractivity contribution in [2.45, 2.75) is 38.5 Å². The summed E-state index contributed by atoms with van der Waals surface area (Å²) in [5.74, 6) is 0.276. The van der Waals surface area contributed by atoms with Gasteiger partial charge in [-0.2, -0.15) is 0 Å². The number of rotatable bonds is 13. The Kier molecular flexibility index (Phi) is 12.1. The molecule has 0 atom stereocenters. The van der Waals surface area contributed by atoms with E-state index in [9.17, 15) is 9.59 Å². The maximum absolute atomic E-state index is 11.8. The lowest BCUT2D eigenvalue weighted by atomic mass is 10.2. The van der Waals surface area contributed by atoms with E-state index in [4.69, 9.17) is 9.47 Å². The highest BCUT2D eigenvalue weighted by molar-refractivity contribution is 5.76. The lowest BCUT2D eigenvalue weighted by Gasteiger charge is -2.26. The van der Waals surface area contributed by atoms with E-state index >= 15 is 0 Å². The summed E-state index contributed by atoms with van der Waals surface area (Å²) in [5, 5.41) is 6.00. The average Bonchev–Trinajstić information content (AvgIpc) is 2.74. The molecule has 0 saturated carbocycles. The molecule has 2 heterocycles. The number of unbranched alkanes of at least 4 members (excludes halogenated alkanes) is 3. The van der Waals surface area contributed by atoms with Gasteiger partial charge in [0, 0.05) is 65.2 Å². The topological polar surface area (TPSA) is 83.1 Å². The second-order valence-corrected chi connectivity index (χ2v) is 7.52. The molecule has 28 heavy (non-hydrogen) atoms. The second-order valence-electron chi connectivity index (χ2n) is 7.52. The van der Waals surface area contributed by atoms with Crippen molar-refractivity contribution in [3.8, 4) is 0 Å². The van der Waals surface area contributed by atoms with Crippen molar-refractivity contribution in [3.05, 3.63) is 0 Å². The Balaban J connectivity index is 1.33. The molecular formula is C20H38N4O4. The lowest BCUT2D eigenvalue weighted by Crippen LogP contribution is -2.39. The molecule has 0 spiro atoms. The molecule has 0 aromatic rings. The van der Waals surface area contributed by atoms with Gasteiger partial charge in [0.2, 0.25) is 11.8 Å². The van der Waals surface area contributed by atoms with E-state index in [-0.39, 0.29) is 11.8 Å². The number of amides is 2. The molecular weight excluding hydrogens is 360 g/mol. The molecule has 2 aliphatic rings. The van der Waals surface area contributed by atoms with Gasteiger partial charge in [0.15, 0.2) is 0 Å². The van der Waals surface area contributed by atoms with E-state index in [0.717, 1.165) is 104 Å². The van der Waals surface area contributed by atoms with E-state index in [2.05, 4.69) is 20.4 Å². The summed E-state index contributed by atoms with van der Waals surface area (Å²) in [6.07, 6.45) is 5.27. The fourth-order valence-corrected chi connectivity index (χ4v) is 3.40. The molecule has 0 aliphatic carbocycles. The molecule has 0 radical (unpaired) electrons. The predicted octanol–water partition coefficient (Wildman–Crippen LogP) is 0.224. The molecule has 0 bridgehead atoms. The Hall–Kier alpha value is -1.22. The Morgan fingerprint density at radius 2 is 1.04 bits per heavy atom. The van der Waals surface area contributed by atoms with Crippen LogP contribution in [0.3, 0.4) is 0 Å². The van der Waals surface area contributed by atoms with Crippen molar-refractivity contribution in [3.63, 3.8) is 0 Å². The molecule has 162 valence electrons. The molecule has 2 aliphatic heterocycles. The first-order valence-corrected chi connectivity index (χ1v) is 10.9. The van der Waals surface area contributed by atoms with Gasteiger partial charge in [-0.05, 0) is 12.8 Å². The second kappa shape index (κ2) is 14.7. The minimum Gasteiger partial charge on any atom is -0.379 e. The summed E-state index contributed by atoms with van der Waals surface area (Å²) in [4.78, 5) is 28.2. The first kappa shape index (κ1) is 23.1. The quantitative estimate of drug-likeness (QED) is 0.432. The first-order chi connectivity index (χ1) is 13.7. The third-order valence-corrected chi connectivity index (χ3v) is 5.27. The first-order valence-electron chi connectivity index (χ1n) is 10.9. The van der Waals surface area contributed by atoms with E-state index in [0.29, 0.717) is 12.8 Å². The van der Waals surface area contributed by atoms with Crippen LogP contribution in [0, 0.1) is 0 Å². The molecule has 2 rings (SSSR count). The monoisotopic (exact) mass is 398 g/mol. The van der Waals surface area contributed by atoms with Gasteiger partial charge in [-0.15, -0.1) is 0 Å². The highest BCUT2D eigenvalue weighted by atomic mass is 16.5. The van der Waals surface area contributed by atoms with Crippen LogP contribution < -0.4 is 10.6 Å². The number of nitrogens with zero attached hydrogens (tertiary/aromatic N) is 2. The Morgan fingerprint density at radius 1 is 0.643 bits per heavy atom. The van der Waals surface area contributed by atoms with Crippen molar-refractivity contribution in [2.24, 2.45) is 0 Å². The minimum absolute atomic E-state index is 0.138. The summed E-state index contributed by atoms with van der Waals surface area (Å²) in [6.45, 7) is 9.93. The molecule has 2 N–H and O–H groups in total. The maximum atomic E-state index is 11.8. The van der Waals surface area contributed by atoms with Crippen LogP contribution in [0.1, 0.15) is 38.5 Å². The molecule has 2 fully saturated rings. The van der Waals surface area contributed by atoms with E-state index in [1.165, 1.54) is 0 Å². The predicted molar refractivity (Wildman–Crippen MR) is 108 cm³/mol. The molecule has 8 nitrogen and oxygen atoms in total. The van der Waals surface area contributed by atoms with Crippen LogP contribution in [0.15, 0.2) is 0 Å². The standard InChI is InChI=1S/C20H38N4O4/c25-19(5-9-23-11-15-27-16-12-23)21-7-3-1-2-4-8-22-20(26)6-10-24-13-17-28-18-14-24/h1-18H2,(H,21,25)(H,22,26). The summed E-state index contributed by atoms with van der Waals surface area (Å²) < 4.78 is 10.6. The number of hydrogen-bond donors (Lipinski definition) is 2. The van der Waals surface area contributed by atoms with Crippen LogP contribution in [-0.4, -0.2) is 100 Å². The highest BCUT2D eigenvalue weighted by Crippen LogP contribution is 2.01. The van der Waals surface area contributed by atoms with Gasteiger partial charge in [-0.1, -0.05) is 12.8 Å². The number of carbonyl (C=O) groups is 2. The molecule has 8 heteroatoms. The van der Waals surface area contributed by atoms with Gasteiger partial charge in [0.05, 0.1) is 26.4 Å². The van der Waals surface area contributed by atoms with Crippen LogP contribution in [0.5, 0.6) is 0 Å².